The van der Waals surface area contributed by atoms with Gasteiger partial charge in [0.05, 0.1) is 22.6 Å². The van der Waals surface area contributed by atoms with Crippen molar-refractivity contribution in [1.29, 1.82) is 0 Å². The molecule has 2 heterocycles. The normalized spacial score (nSPS) is 29.3. The number of nitrogens with zero attached hydrogens (tertiary/aromatic N) is 2. The molecule has 2 atom stereocenters. The first-order chi connectivity index (χ1) is 14.6. The van der Waals surface area contributed by atoms with E-state index in [1.54, 1.807) is 6.20 Å². The van der Waals surface area contributed by atoms with Crippen LogP contribution in [-0.4, -0.2) is 27.9 Å². The maximum atomic E-state index is 13.3. The van der Waals surface area contributed by atoms with E-state index in [4.69, 9.17) is 4.98 Å². The van der Waals surface area contributed by atoms with Crippen LogP contribution in [0.5, 0.6) is 0 Å². The van der Waals surface area contributed by atoms with Gasteiger partial charge in [-0.1, -0.05) is 19.3 Å². The van der Waals surface area contributed by atoms with Gasteiger partial charge < -0.3 is 15.6 Å². The van der Waals surface area contributed by atoms with Crippen LogP contribution >= 0.6 is 0 Å². The average molecular weight is 402 g/mol. The van der Waals surface area contributed by atoms with Crippen molar-refractivity contribution in [3.63, 3.8) is 0 Å². The van der Waals surface area contributed by atoms with E-state index in [-0.39, 0.29) is 11.3 Å². The van der Waals surface area contributed by atoms with Gasteiger partial charge in [-0.05, 0) is 61.3 Å². The zero-order chi connectivity index (χ0) is 20.3. The van der Waals surface area contributed by atoms with Crippen LogP contribution in [0.3, 0.4) is 0 Å². The van der Waals surface area contributed by atoms with E-state index >= 15 is 0 Å². The Morgan fingerprint density at radius 1 is 1.13 bits per heavy atom. The lowest BCUT2D eigenvalue weighted by Gasteiger charge is -2.37. The third-order valence-electron chi connectivity index (χ3n) is 7.83. The lowest BCUT2D eigenvalue weighted by Crippen LogP contribution is -2.36. The summed E-state index contributed by atoms with van der Waals surface area (Å²) in [7, 11) is 1.90. The van der Waals surface area contributed by atoms with E-state index in [0.717, 1.165) is 65.1 Å². The summed E-state index contributed by atoms with van der Waals surface area (Å²) in [4.78, 5) is 25.8. The minimum Gasteiger partial charge on any atom is -0.388 e. The Morgan fingerprint density at radius 2 is 1.90 bits per heavy atom. The summed E-state index contributed by atoms with van der Waals surface area (Å²) in [5.41, 5.74) is 3.60. The van der Waals surface area contributed by atoms with Crippen molar-refractivity contribution >= 4 is 28.4 Å². The van der Waals surface area contributed by atoms with Crippen LogP contribution in [0.25, 0.3) is 22.4 Å². The van der Waals surface area contributed by atoms with E-state index in [2.05, 4.69) is 20.6 Å². The SMILES string of the molecule is CNc1ccc(-c2nc3cc(NC(=O)C45CC6CCCC(C4)C6C5)ncc3[nH]2)cc1. The summed E-state index contributed by atoms with van der Waals surface area (Å²) >= 11 is 0. The Morgan fingerprint density at radius 3 is 2.60 bits per heavy atom. The zero-order valence-electron chi connectivity index (χ0n) is 17.2. The smallest absolute Gasteiger partial charge is 0.231 e. The van der Waals surface area contributed by atoms with Gasteiger partial charge in [-0.15, -0.1) is 0 Å². The molecule has 0 saturated heterocycles. The fourth-order valence-corrected chi connectivity index (χ4v) is 6.44. The number of benzene rings is 1. The molecule has 1 amide bonds. The van der Waals surface area contributed by atoms with Gasteiger partial charge in [0.25, 0.3) is 0 Å². The second kappa shape index (κ2) is 6.56. The molecule has 3 saturated carbocycles. The molecule has 2 bridgehead atoms. The zero-order valence-corrected chi connectivity index (χ0v) is 17.2. The van der Waals surface area contributed by atoms with E-state index in [1.807, 2.05) is 37.4 Å². The van der Waals surface area contributed by atoms with E-state index in [1.165, 1.54) is 19.3 Å². The highest BCUT2D eigenvalue weighted by Gasteiger charge is 2.59. The molecule has 6 rings (SSSR count). The summed E-state index contributed by atoms with van der Waals surface area (Å²) in [6, 6.07) is 10.0. The minimum atomic E-state index is -0.164. The van der Waals surface area contributed by atoms with Gasteiger partial charge in [0, 0.05) is 24.4 Å². The molecule has 3 N–H and O–H groups in total. The number of imidazole rings is 1. The fraction of sp³-hybridized carbons (Fsp3) is 0.458. The predicted octanol–water partition coefficient (Wildman–Crippen LogP) is 4.82. The summed E-state index contributed by atoms with van der Waals surface area (Å²) in [6.07, 6.45) is 8.95. The Bertz CT molecular complexity index is 1100. The van der Waals surface area contributed by atoms with Crippen molar-refractivity contribution in [2.45, 2.75) is 38.5 Å². The number of fused-ring (bicyclic) bond motifs is 2. The van der Waals surface area contributed by atoms with Crippen molar-refractivity contribution in [3.05, 3.63) is 36.5 Å². The van der Waals surface area contributed by atoms with Crippen molar-refractivity contribution in [2.24, 2.45) is 23.2 Å². The number of H-pyrrole nitrogens is 1. The highest BCUT2D eigenvalue weighted by Crippen LogP contribution is 2.64. The van der Waals surface area contributed by atoms with Crippen LogP contribution in [0.2, 0.25) is 0 Å². The molecule has 0 radical (unpaired) electrons. The van der Waals surface area contributed by atoms with Crippen LogP contribution in [0.15, 0.2) is 36.5 Å². The van der Waals surface area contributed by atoms with Gasteiger partial charge >= 0.3 is 0 Å². The Kier molecular flexibility index (Phi) is 3.92. The minimum absolute atomic E-state index is 0.164. The van der Waals surface area contributed by atoms with E-state index < -0.39 is 0 Å². The average Bonchev–Trinajstić information content (AvgIpc) is 3.45. The monoisotopic (exact) mass is 401 g/mol. The highest BCUT2D eigenvalue weighted by atomic mass is 16.2. The van der Waals surface area contributed by atoms with Gasteiger partial charge in [-0.25, -0.2) is 9.97 Å². The van der Waals surface area contributed by atoms with Gasteiger partial charge in [0.1, 0.15) is 11.6 Å². The van der Waals surface area contributed by atoms with Crippen molar-refractivity contribution < 1.29 is 4.79 Å². The lowest BCUT2D eigenvalue weighted by atomic mass is 9.68. The molecule has 154 valence electrons. The number of pyridine rings is 1. The molecule has 0 spiro atoms. The first kappa shape index (κ1) is 17.9. The van der Waals surface area contributed by atoms with Crippen LogP contribution in [0, 0.1) is 23.2 Å². The largest absolute Gasteiger partial charge is 0.388 e. The number of amides is 1. The van der Waals surface area contributed by atoms with E-state index in [0.29, 0.717) is 5.82 Å². The molecule has 6 nitrogen and oxygen atoms in total. The molecular formula is C24H27N5O. The van der Waals surface area contributed by atoms with Crippen LogP contribution in [0.4, 0.5) is 11.5 Å². The lowest BCUT2D eigenvalue weighted by molar-refractivity contribution is -0.126. The number of nitrogens with one attached hydrogen (secondary N) is 3. The second-order valence-corrected chi connectivity index (χ2v) is 9.46. The number of hydrogen-bond acceptors (Lipinski definition) is 4. The number of rotatable bonds is 4. The third-order valence-corrected chi connectivity index (χ3v) is 7.83. The third kappa shape index (κ3) is 2.73. The molecule has 2 unspecified atom stereocenters. The maximum Gasteiger partial charge on any atom is 0.231 e. The Labute approximate surface area is 175 Å². The number of aromatic nitrogens is 3. The number of aromatic amines is 1. The summed E-state index contributed by atoms with van der Waals surface area (Å²) in [6.45, 7) is 0. The van der Waals surface area contributed by atoms with Gasteiger partial charge in [0.2, 0.25) is 5.91 Å². The summed E-state index contributed by atoms with van der Waals surface area (Å²) < 4.78 is 0. The standard InChI is InChI=1S/C24H27N5O/c1-25-17-7-5-14(6-8-17)22-27-19-9-21(26-13-20(19)28-22)29-23(30)24-10-15-3-2-4-16(11-24)18(15)12-24/h5-9,13,15-16,18,25H,2-4,10-12H2,1H3,(H,27,28)(H,26,29,30). The van der Waals surface area contributed by atoms with Crippen molar-refractivity contribution in [1.82, 2.24) is 15.0 Å². The first-order valence-electron chi connectivity index (χ1n) is 11.1. The second-order valence-electron chi connectivity index (χ2n) is 9.46. The van der Waals surface area contributed by atoms with Crippen molar-refractivity contribution in [3.8, 4) is 11.4 Å². The van der Waals surface area contributed by atoms with Gasteiger partial charge in [0.15, 0.2) is 0 Å². The molecule has 0 aliphatic heterocycles. The Hall–Kier alpha value is -2.89. The van der Waals surface area contributed by atoms with Gasteiger partial charge in [-0.2, -0.15) is 0 Å². The van der Waals surface area contributed by atoms with Crippen LogP contribution < -0.4 is 10.6 Å². The Balaban J connectivity index is 1.24. The van der Waals surface area contributed by atoms with E-state index in [9.17, 15) is 4.79 Å². The van der Waals surface area contributed by atoms with Crippen LogP contribution in [-0.2, 0) is 4.79 Å². The fourth-order valence-electron chi connectivity index (χ4n) is 6.44. The number of hydrogen-bond donors (Lipinski definition) is 3. The molecule has 6 heteroatoms. The molecule has 1 aromatic carbocycles. The topological polar surface area (TPSA) is 82.7 Å². The molecular weight excluding hydrogens is 374 g/mol. The quantitative estimate of drug-likeness (QED) is 0.585. The van der Waals surface area contributed by atoms with Gasteiger partial charge in [-0.3, -0.25) is 4.79 Å². The number of anilines is 2. The van der Waals surface area contributed by atoms with Crippen molar-refractivity contribution in [2.75, 3.05) is 17.7 Å². The maximum absolute atomic E-state index is 13.3. The molecule has 2 aromatic heterocycles. The molecule has 30 heavy (non-hydrogen) atoms. The number of carbonyl (C=O) groups is 1. The first-order valence-corrected chi connectivity index (χ1v) is 11.1. The molecule has 3 aromatic rings. The van der Waals surface area contributed by atoms with Crippen LogP contribution in [0.1, 0.15) is 38.5 Å². The number of carbonyl (C=O) groups excluding carboxylic acids is 1. The summed E-state index contributed by atoms with van der Waals surface area (Å²) in [5, 5.41) is 6.26. The predicted molar refractivity (Wildman–Crippen MR) is 118 cm³/mol. The highest BCUT2D eigenvalue weighted by molar-refractivity contribution is 5.96. The summed E-state index contributed by atoms with van der Waals surface area (Å²) in [5.74, 6) is 3.89. The molecule has 3 fully saturated rings. The molecule has 3 aliphatic carbocycles. The molecule has 3 aliphatic rings.